The number of carbonyl (C=O) groups is 1. The van der Waals surface area contributed by atoms with Crippen LogP contribution >= 0.6 is 31.9 Å². The van der Waals surface area contributed by atoms with E-state index in [1.165, 1.54) is 18.4 Å². The molecular weight excluding hydrogens is 486 g/mol. The number of halogens is 2. The Bertz CT molecular complexity index is 929. The van der Waals surface area contributed by atoms with E-state index in [1.807, 2.05) is 6.92 Å². The largest absolute Gasteiger partial charge is 0.481 e. The molecule has 4 nitrogen and oxygen atoms in total. The van der Waals surface area contributed by atoms with Crippen LogP contribution in [0, 0.1) is 12.8 Å². The van der Waals surface area contributed by atoms with Crippen molar-refractivity contribution in [3.8, 4) is 5.75 Å². The summed E-state index contributed by atoms with van der Waals surface area (Å²) in [6, 6.07) is 4.42. The Morgan fingerprint density at radius 3 is 2.79 bits per heavy atom. The lowest BCUT2D eigenvalue weighted by atomic mass is 9.48. The first-order chi connectivity index (χ1) is 13.1. The summed E-state index contributed by atoms with van der Waals surface area (Å²) in [4.78, 5) is 13.4. The topological polar surface area (TPSA) is 46.5 Å². The van der Waals surface area contributed by atoms with Crippen LogP contribution in [-0.4, -0.2) is 56.5 Å². The Kier molecular flexibility index (Phi) is 3.43. The van der Waals surface area contributed by atoms with Crippen LogP contribution in [0.25, 0.3) is 0 Å². The second-order valence-corrected chi connectivity index (χ2v) is 14.0. The zero-order valence-corrected chi connectivity index (χ0v) is 19.5. The molecule has 2 aliphatic heterocycles. The number of hydrogen-bond acceptors (Lipinski definition) is 3. The van der Waals surface area contributed by atoms with Crippen molar-refractivity contribution in [3.63, 3.8) is 0 Å². The van der Waals surface area contributed by atoms with Crippen molar-refractivity contribution in [2.45, 2.75) is 65.4 Å². The van der Waals surface area contributed by atoms with E-state index in [2.05, 4.69) is 51.0 Å². The summed E-state index contributed by atoms with van der Waals surface area (Å²) in [5.41, 5.74) is 1.88. The van der Waals surface area contributed by atoms with Gasteiger partial charge in [0.2, 0.25) is 5.78 Å². The molecule has 1 spiro atoms. The summed E-state index contributed by atoms with van der Waals surface area (Å²) in [6.45, 7) is 4.18. The molecule has 0 amide bonds. The Balaban J connectivity index is 1.62. The molecule has 2 heterocycles. The van der Waals surface area contributed by atoms with Crippen LogP contribution in [0.15, 0.2) is 12.1 Å². The average Bonchev–Trinajstić information content (AvgIpc) is 3.33. The number of ether oxygens (including phenoxy) is 1. The molecule has 6 rings (SSSR count). The van der Waals surface area contributed by atoms with Gasteiger partial charge in [0.15, 0.2) is 6.10 Å². The van der Waals surface area contributed by atoms with Gasteiger partial charge in [-0.2, -0.15) is 0 Å². The highest BCUT2D eigenvalue weighted by molar-refractivity contribution is 9.25. The molecule has 150 valence electrons. The maximum Gasteiger partial charge on any atom is 0.201 e. The van der Waals surface area contributed by atoms with E-state index in [0.717, 1.165) is 53.2 Å². The van der Waals surface area contributed by atoms with Crippen molar-refractivity contribution in [3.05, 3.63) is 28.8 Å². The van der Waals surface area contributed by atoms with E-state index in [-0.39, 0.29) is 11.8 Å². The van der Waals surface area contributed by atoms with Gasteiger partial charge in [0.1, 0.15) is 20.6 Å². The Morgan fingerprint density at radius 1 is 1.32 bits per heavy atom. The molecule has 2 bridgehead atoms. The number of ketones is 1. The van der Waals surface area contributed by atoms with Gasteiger partial charge in [0, 0.05) is 30.7 Å². The number of likely N-dealkylation sites (tertiary alicyclic amines) is 1. The second-order valence-electron chi connectivity index (χ2n) is 10.2. The first kappa shape index (κ1) is 18.3. The van der Waals surface area contributed by atoms with Crippen LogP contribution in [0.1, 0.15) is 42.4 Å². The van der Waals surface area contributed by atoms with Crippen molar-refractivity contribution in [1.82, 2.24) is 0 Å². The smallest absolute Gasteiger partial charge is 0.201 e. The number of benzene rings is 1. The average molecular weight is 512 g/mol. The zero-order valence-electron chi connectivity index (χ0n) is 16.3. The maximum absolute atomic E-state index is 13.4. The molecule has 28 heavy (non-hydrogen) atoms. The number of aliphatic hydroxyl groups is 1. The first-order valence-corrected chi connectivity index (χ1v) is 12.0. The number of hydrogen-bond donors (Lipinski definition) is 1. The van der Waals surface area contributed by atoms with Crippen molar-refractivity contribution in [2.75, 3.05) is 20.1 Å². The molecule has 2 saturated carbocycles. The molecule has 0 aromatic heterocycles. The molecule has 5 atom stereocenters. The van der Waals surface area contributed by atoms with Gasteiger partial charge < -0.3 is 14.3 Å². The van der Waals surface area contributed by atoms with Crippen molar-refractivity contribution >= 4 is 37.6 Å². The molecule has 1 N–H and O–H groups in total. The summed E-state index contributed by atoms with van der Waals surface area (Å²) in [5.74, 6) is 1.65. The minimum absolute atomic E-state index is 0.0117. The van der Waals surface area contributed by atoms with Crippen LogP contribution in [-0.2, 0) is 16.6 Å². The standard InChI is InChI=1S/C22H26Br2NO3/c1-12-3-6-14-9-15-21(27)11-22(23,24)18(26)19-20(21,16(14)17(12)28-19)7-8-25(15,2)10-13-4-5-13/h3,6,13,15,19,27H,4-5,7-11H2,1-2H3/q+1/t15-,19+,20+,21-,25?/m1/s1. The quantitative estimate of drug-likeness (QED) is 0.489. The Morgan fingerprint density at radius 2 is 2.07 bits per heavy atom. The van der Waals surface area contributed by atoms with E-state index >= 15 is 0 Å². The molecule has 1 unspecified atom stereocenters. The van der Waals surface area contributed by atoms with E-state index in [9.17, 15) is 9.90 Å². The first-order valence-electron chi connectivity index (χ1n) is 10.4. The van der Waals surface area contributed by atoms with E-state index < -0.39 is 20.4 Å². The fraction of sp³-hybridized carbons (Fsp3) is 0.682. The van der Waals surface area contributed by atoms with E-state index in [4.69, 9.17) is 4.74 Å². The van der Waals surface area contributed by atoms with Gasteiger partial charge in [-0.25, -0.2) is 0 Å². The highest BCUT2D eigenvalue weighted by Crippen LogP contribution is 2.67. The van der Waals surface area contributed by atoms with Gasteiger partial charge in [-0.15, -0.1) is 0 Å². The predicted molar refractivity (Wildman–Crippen MR) is 113 cm³/mol. The van der Waals surface area contributed by atoms with Crippen molar-refractivity contribution < 1.29 is 19.1 Å². The number of alkyl halides is 2. The van der Waals surface area contributed by atoms with Gasteiger partial charge >= 0.3 is 0 Å². The SMILES string of the molecule is Cc1ccc2c3c1O[C@H]1C(=O)C(Br)(Br)C[C@@]4(O)[C@@H](C2)[N+](C)(CC2CC2)CC[C@]314. The number of Topliss-reactive ketones (excluding diaryl/α,β-unsaturated/α-hetero) is 1. The zero-order chi connectivity index (χ0) is 19.7. The number of rotatable bonds is 2. The van der Waals surface area contributed by atoms with Gasteiger partial charge in [0.05, 0.1) is 25.6 Å². The van der Waals surface area contributed by atoms with Gasteiger partial charge in [-0.1, -0.05) is 44.0 Å². The maximum atomic E-state index is 13.4. The summed E-state index contributed by atoms with van der Waals surface area (Å²) < 4.78 is 6.38. The predicted octanol–water partition coefficient (Wildman–Crippen LogP) is 3.37. The second kappa shape index (κ2) is 5.24. The van der Waals surface area contributed by atoms with Crippen LogP contribution in [0.4, 0.5) is 0 Å². The molecule has 3 aliphatic carbocycles. The van der Waals surface area contributed by atoms with Crippen molar-refractivity contribution in [1.29, 1.82) is 0 Å². The summed E-state index contributed by atoms with van der Waals surface area (Å²) in [6.07, 6.45) is 4.04. The van der Waals surface area contributed by atoms with E-state index in [0.29, 0.717) is 6.42 Å². The normalized spacial score (nSPS) is 44.8. The van der Waals surface area contributed by atoms with Crippen LogP contribution in [0.3, 0.4) is 0 Å². The molecule has 3 fully saturated rings. The van der Waals surface area contributed by atoms with Crippen LogP contribution in [0.2, 0.25) is 0 Å². The third-order valence-corrected chi connectivity index (χ3v) is 9.88. The molecular formula is C22H26Br2NO3+. The monoisotopic (exact) mass is 510 g/mol. The fourth-order valence-corrected chi connectivity index (χ4v) is 8.35. The minimum Gasteiger partial charge on any atom is -0.481 e. The number of aryl methyl sites for hydroxylation is 1. The Hall–Kier alpha value is -0.430. The minimum atomic E-state index is -0.980. The van der Waals surface area contributed by atoms with Gasteiger partial charge in [0.25, 0.3) is 0 Å². The highest BCUT2D eigenvalue weighted by Gasteiger charge is 2.79. The number of nitrogens with zero attached hydrogens (tertiary/aromatic N) is 1. The third-order valence-electron chi connectivity index (χ3n) is 8.54. The molecule has 1 saturated heterocycles. The summed E-state index contributed by atoms with van der Waals surface area (Å²) in [5, 5.41) is 12.5. The lowest BCUT2D eigenvalue weighted by molar-refractivity contribution is -0.950. The van der Waals surface area contributed by atoms with Crippen LogP contribution < -0.4 is 4.74 Å². The lowest BCUT2D eigenvalue weighted by Crippen LogP contribution is -2.82. The fourth-order valence-electron chi connectivity index (χ4n) is 7.08. The number of quaternary nitrogens is 1. The summed E-state index contributed by atoms with van der Waals surface area (Å²) >= 11 is 7.24. The van der Waals surface area contributed by atoms with E-state index in [1.54, 1.807) is 0 Å². The van der Waals surface area contributed by atoms with Gasteiger partial charge in [-0.3, -0.25) is 4.79 Å². The molecule has 1 aromatic rings. The number of piperidine rings is 1. The number of carbonyl (C=O) groups excluding carboxylic acids is 1. The highest BCUT2D eigenvalue weighted by atomic mass is 79.9. The lowest BCUT2D eigenvalue weighted by Gasteiger charge is -2.65. The molecule has 5 aliphatic rings. The Labute approximate surface area is 182 Å². The molecule has 6 heteroatoms. The number of likely N-dealkylation sites (N-methyl/N-ethyl adjacent to an activating group) is 1. The molecule has 1 aromatic carbocycles. The molecule has 0 radical (unpaired) electrons. The third kappa shape index (κ3) is 1.97. The summed E-state index contributed by atoms with van der Waals surface area (Å²) in [7, 11) is 2.33. The van der Waals surface area contributed by atoms with Crippen LogP contribution in [0.5, 0.6) is 5.75 Å². The van der Waals surface area contributed by atoms with Gasteiger partial charge in [-0.05, 0) is 30.9 Å². The van der Waals surface area contributed by atoms with Crippen molar-refractivity contribution in [2.24, 2.45) is 5.92 Å².